The molecule has 126 valence electrons. The first kappa shape index (κ1) is 17.3. The second-order valence-electron chi connectivity index (χ2n) is 5.23. The molecule has 1 saturated heterocycles. The summed E-state index contributed by atoms with van der Waals surface area (Å²) >= 11 is 0. The molecule has 0 aliphatic carbocycles. The summed E-state index contributed by atoms with van der Waals surface area (Å²) in [4.78, 5) is 22.2. The third-order valence-electron chi connectivity index (χ3n) is 3.58. The Morgan fingerprint density at radius 1 is 1.29 bits per heavy atom. The zero-order chi connectivity index (χ0) is 17.5. The Morgan fingerprint density at radius 3 is 2.46 bits per heavy atom. The molecule has 1 aromatic rings. The zero-order valence-corrected chi connectivity index (χ0v) is 13.2. The van der Waals surface area contributed by atoms with Crippen molar-refractivity contribution in [2.24, 2.45) is 0 Å². The first-order chi connectivity index (χ1) is 11.6. The lowest BCUT2D eigenvalue weighted by Gasteiger charge is -2.32. The fraction of sp³-hybridized carbons (Fsp3) is 0.538. The molecule has 24 heavy (non-hydrogen) atoms. The average molecular weight is 331 g/mol. The standard InChI is InChI=1S/C13H17N9O2/c1-19-6-8-21(9-7-19)18-12-11(22(23)24)13(17-10-16-12)20(4-2-14)5-3-15/h10H,4-9H2,1H3,(H,16,17,18). The van der Waals surface area contributed by atoms with Crippen molar-refractivity contribution in [3.05, 3.63) is 16.4 Å². The van der Waals surface area contributed by atoms with E-state index < -0.39 is 4.92 Å². The summed E-state index contributed by atoms with van der Waals surface area (Å²) in [6, 6.07) is 3.76. The number of nitro groups is 1. The number of likely N-dealkylation sites (N-methyl/N-ethyl adjacent to an activating group) is 1. The molecule has 0 bridgehead atoms. The van der Waals surface area contributed by atoms with Crippen molar-refractivity contribution in [3.63, 3.8) is 0 Å². The molecule has 2 rings (SSSR count). The maximum Gasteiger partial charge on any atom is 0.354 e. The Kier molecular flexibility index (Phi) is 5.78. The maximum absolute atomic E-state index is 11.5. The molecular weight excluding hydrogens is 314 g/mol. The summed E-state index contributed by atoms with van der Waals surface area (Å²) in [5.74, 6) is 0.00478. The van der Waals surface area contributed by atoms with Gasteiger partial charge in [0.25, 0.3) is 0 Å². The number of hydrogen-bond donors (Lipinski definition) is 1. The molecule has 0 aromatic carbocycles. The largest absolute Gasteiger partial charge is 0.354 e. The SMILES string of the molecule is CN1CCN(Nc2ncnc(N(CC#N)CC#N)c2[N+](=O)[O-])CC1. The number of nitrogens with one attached hydrogen (secondary N) is 1. The summed E-state index contributed by atoms with van der Waals surface area (Å²) in [6.07, 6.45) is 1.18. The Labute approximate surface area is 138 Å². The number of anilines is 2. The quantitative estimate of drug-likeness (QED) is 0.424. The third-order valence-corrected chi connectivity index (χ3v) is 3.58. The van der Waals surface area contributed by atoms with E-state index in [2.05, 4.69) is 20.3 Å². The Balaban J connectivity index is 2.31. The lowest BCUT2D eigenvalue weighted by atomic mass is 10.3. The highest BCUT2D eigenvalue weighted by molar-refractivity contribution is 5.70. The van der Waals surface area contributed by atoms with Gasteiger partial charge in [0, 0.05) is 26.2 Å². The summed E-state index contributed by atoms with van der Waals surface area (Å²) in [7, 11) is 2.00. The Morgan fingerprint density at radius 2 is 1.92 bits per heavy atom. The van der Waals surface area contributed by atoms with Crippen molar-refractivity contribution < 1.29 is 4.92 Å². The van der Waals surface area contributed by atoms with E-state index in [-0.39, 0.29) is 30.4 Å². The van der Waals surface area contributed by atoms with E-state index in [0.29, 0.717) is 13.1 Å². The van der Waals surface area contributed by atoms with Gasteiger partial charge < -0.3 is 9.80 Å². The first-order valence-corrected chi connectivity index (χ1v) is 7.25. The van der Waals surface area contributed by atoms with Crippen LogP contribution in [0.15, 0.2) is 6.33 Å². The van der Waals surface area contributed by atoms with Crippen LogP contribution in [0.4, 0.5) is 17.3 Å². The second kappa shape index (κ2) is 8.01. The van der Waals surface area contributed by atoms with Crippen LogP contribution in [0, 0.1) is 32.8 Å². The summed E-state index contributed by atoms with van der Waals surface area (Å²) in [5, 5.41) is 31.1. The van der Waals surface area contributed by atoms with Gasteiger partial charge in [-0.3, -0.25) is 15.5 Å². The average Bonchev–Trinajstić information content (AvgIpc) is 2.56. The van der Waals surface area contributed by atoms with E-state index in [1.54, 1.807) is 0 Å². The molecule has 1 fully saturated rings. The lowest BCUT2D eigenvalue weighted by molar-refractivity contribution is -0.383. The Hall–Kier alpha value is -3.02. The molecule has 0 unspecified atom stereocenters. The van der Waals surface area contributed by atoms with Crippen molar-refractivity contribution in [1.29, 1.82) is 10.5 Å². The molecule has 1 aliphatic heterocycles. The third kappa shape index (κ3) is 4.04. The number of hydrogen-bond acceptors (Lipinski definition) is 10. The lowest BCUT2D eigenvalue weighted by Crippen LogP contribution is -2.47. The van der Waals surface area contributed by atoms with Crippen molar-refractivity contribution in [2.75, 3.05) is 56.6 Å². The molecule has 0 saturated carbocycles. The van der Waals surface area contributed by atoms with Gasteiger partial charge in [-0.1, -0.05) is 0 Å². The molecule has 1 aliphatic rings. The van der Waals surface area contributed by atoms with Gasteiger partial charge in [0.15, 0.2) is 0 Å². The van der Waals surface area contributed by atoms with Gasteiger partial charge in [-0.2, -0.15) is 10.5 Å². The van der Waals surface area contributed by atoms with E-state index in [0.717, 1.165) is 13.1 Å². The van der Waals surface area contributed by atoms with Crippen LogP contribution in [-0.4, -0.2) is 71.1 Å². The van der Waals surface area contributed by atoms with Crippen molar-refractivity contribution in [3.8, 4) is 12.1 Å². The van der Waals surface area contributed by atoms with Crippen LogP contribution in [0.1, 0.15) is 0 Å². The number of rotatable bonds is 6. The molecule has 0 radical (unpaired) electrons. The predicted octanol–water partition coefficient (Wildman–Crippen LogP) is -0.187. The van der Waals surface area contributed by atoms with Crippen LogP contribution in [-0.2, 0) is 0 Å². The highest BCUT2D eigenvalue weighted by Crippen LogP contribution is 2.31. The van der Waals surface area contributed by atoms with E-state index in [4.69, 9.17) is 10.5 Å². The van der Waals surface area contributed by atoms with Crippen molar-refractivity contribution in [2.45, 2.75) is 0 Å². The van der Waals surface area contributed by atoms with E-state index in [1.807, 2.05) is 24.2 Å². The van der Waals surface area contributed by atoms with Gasteiger partial charge in [0.05, 0.1) is 17.1 Å². The minimum atomic E-state index is -0.602. The van der Waals surface area contributed by atoms with Gasteiger partial charge >= 0.3 is 5.69 Å². The van der Waals surface area contributed by atoms with E-state index in [9.17, 15) is 10.1 Å². The van der Waals surface area contributed by atoms with Gasteiger partial charge in [-0.15, -0.1) is 0 Å². The summed E-state index contributed by atoms with van der Waals surface area (Å²) in [6.45, 7) is 2.67. The number of nitriles is 2. The van der Waals surface area contributed by atoms with Gasteiger partial charge in [-0.05, 0) is 7.05 Å². The predicted molar refractivity (Wildman–Crippen MR) is 84.8 cm³/mol. The molecule has 0 amide bonds. The minimum Gasteiger partial charge on any atom is -0.324 e. The van der Waals surface area contributed by atoms with Crippen LogP contribution < -0.4 is 10.3 Å². The maximum atomic E-state index is 11.5. The van der Waals surface area contributed by atoms with Gasteiger partial charge in [0.1, 0.15) is 19.4 Å². The van der Waals surface area contributed by atoms with Crippen molar-refractivity contribution in [1.82, 2.24) is 19.9 Å². The van der Waals surface area contributed by atoms with Crippen LogP contribution in [0.25, 0.3) is 0 Å². The molecule has 11 nitrogen and oxygen atoms in total. The number of nitrogens with zero attached hydrogens (tertiary/aromatic N) is 8. The highest BCUT2D eigenvalue weighted by atomic mass is 16.6. The minimum absolute atomic E-state index is 0.0465. The highest BCUT2D eigenvalue weighted by Gasteiger charge is 2.28. The van der Waals surface area contributed by atoms with E-state index in [1.165, 1.54) is 11.2 Å². The number of aromatic nitrogens is 2. The fourth-order valence-electron chi connectivity index (χ4n) is 2.30. The van der Waals surface area contributed by atoms with Crippen LogP contribution in [0.5, 0.6) is 0 Å². The van der Waals surface area contributed by atoms with Gasteiger partial charge in [0.2, 0.25) is 11.6 Å². The molecule has 0 atom stereocenters. The molecule has 2 heterocycles. The molecule has 0 spiro atoms. The molecule has 11 heteroatoms. The topological polar surface area (TPSA) is 138 Å². The first-order valence-electron chi connectivity index (χ1n) is 7.25. The number of hydrazine groups is 1. The van der Waals surface area contributed by atoms with Gasteiger partial charge in [-0.25, -0.2) is 15.0 Å². The summed E-state index contributed by atoms with van der Waals surface area (Å²) < 4.78 is 0. The normalized spacial score (nSPS) is 15.3. The van der Waals surface area contributed by atoms with Crippen LogP contribution >= 0.6 is 0 Å². The van der Waals surface area contributed by atoms with Crippen LogP contribution in [0.3, 0.4) is 0 Å². The monoisotopic (exact) mass is 331 g/mol. The fourth-order valence-corrected chi connectivity index (χ4v) is 2.30. The zero-order valence-electron chi connectivity index (χ0n) is 13.2. The molecule has 1 N–H and O–H groups in total. The molecule has 1 aromatic heterocycles. The smallest absolute Gasteiger partial charge is 0.324 e. The summed E-state index contributed by atoms with van der Waals surface area (Å²) in [5.41, 5.74) is 2.61. The van der Waals surface area contributed by atoms with E-state index >= 15 is 0 Å². The Bertz CT molecular complexity index is 657. The van der Waals surface area contributed by atoms with Crippen LogP contribution in [0.2, 0.25) is 0 Å². The molecular formula is C13H17N9O2. The number of piperazine rings is 1. The van der Waals surface area contributed by atoms with Crippen molar-refractivity contribution >= 4 is 17.3 Å². The second-order valence-corrected chi connectivity index (χ2v) is 5.23.